The van der Waals surface area contributed by atoms with Gasteiger partial charge < -0.3 is 9.47 Å². The Morgan fingerprint density at radius 1 is 0.778 bits per heavy atom. The first-order valence-electron chi connectivity index (χ1n) is 11.8. The van der Waals surface area contributed by atoms with Crippen molar-refractivity contribution >= 4 is 51.4 Å². The number of esters is 2. The van der Waals surface area contributed by atoms with Crippen LogP contribution in [0.15, 0.2) is 103 Å². The van der Waals surface area contributed by atoms with Gasteiger partial charge in [-0.1, -0.05) is 91.0 Å². The minimum absolute atomic E-state index is 0.175. The summed E-state index contributed by atoms with van der Waals surface area (Å²) >= 11 is 1.33. The highest BCUT2D eigenvalue weighted by molar-refractivity contribution is 7.96. The zero-order chi connectivity index (χ0) is 25.4. The van der Waals surface area contributed by atoms with E-state index < -0.39 is 24.7 Å². The Morgan fingerprint density at radius 3 is 1.64 bits per heavy atom. The van der Waals surface area contributed by atoms with Gasteiger partial charge in [-0.15, -0.1) is 11.3 Å². The van der Waals surface area contributed by atoms with Gasteiger partial charge in [0.05, 0.1) is 18.5 Å². The molecule has 1 atom stereocenters. The van der Waals surface area contributed by atoms with E-state index in [2.05, 4.69) is 4.98 Å². The molecular weight excluding hydrogens is 489 g/mol. The summed E-state index contributed by atoms with van der Waals surface area (Å²) in [6.45, 7) is 0.972. The van der Waals surface area contributed by atoms with Gasteiger partial charge in [-0.2, -0.15) is 0 Å². The topological polar surface area (TPSA) is 65.5 Å². The van der Waals surface area contributed by atoms with E-state index in [-0.39, 0.29) is 13.2 Å². The molecule has 3 aromatic carbocycles. The quantitative estimate of drug-likeness (QED) is 0.241. The first-order chi connectivity index (χ1) is 17.6. The molecule has 0 aliphatic rings. The molecule has 1 heterocycles. The Kier molecular flexibility index (Phi) is 8.52. The Hall–Kier alpha value is -3.47. The standard InChI is InChI=1S/C29H28NO4PS/c1-3-33-28(31)25(27-30-20-21-36-27)26(29(32)34-4-2)35(22-14-8-5-9-15-22,23-16-10-6-11-17-23)24-18-12-7-13-19-24/h5-21,25H,3-4H2,1-2H3. The number of ether oxygens (including phenoxy) is 2. The summed E-state index contributed by atoms with van der Waals surface area (Å²) in [5.74, 6) is -2.05. The maximum absolute atomic E-state index is 14.1. The van der Waals surface area contributed by atoms with Gasteiger partial charge in [-0.05, 0) is 36.6 Å². The molecule has 0 bridgehead atoms. The molecule has 0 saturated heterocycles. The van der Waals surface area contributed by atoms with Crippen molar-refractivity contribution in [2.75, 3.05) is 13.2 Å². The van der Waals surface area contributed by atoms with Crippen LogP contribution in [-0.2, 0) is 19.1 Å². The van der Waals surface area contributed by atoms with Crippen molar-refractivity contribution in [3.05, 3.63) is 108 Å². The number of carbonyl (C=O) groups is 2. The molecule has 0 saturated carbocycles. The SMILES string of the molecule is CCOC(=O)C(C(C(=O)OCC)c1nccs1)=P(c1ccccc1)(c1ccccc1)c1ccccc1. The van der Waals surface area contributed by atoms with Gasteiger partial charge in [0.25, 0.3) is 0 Å². The first-order valence-corrected chi connectivity index (χ1v) is 14.5. The maximum atomic E-state index is 14.1. The summed E-state index contributed by atoms with van der Waals surface area (Å²) in [5.41, 5.74) is 0. The minimum atomic E-state index is -2.92. The highest BCUT2D eigenvalue weighted by Gasteiger charge is 2.43. The molecule has 4 aromatic rings. The zero-order valence-electron chi connectivity index (χ0n) is 20.2. The fourth-order valence-corrected chi connectivity index (χ4v) is 9.77. The van der Waals surface area contributed by atoms with Gasteiger partial charge in [0.1, 0.15) is 10.9 Å². The molecule has 0 amide bonds. The average Bonchev–Trinajstić information content (AvgIpc) is 3.45. The number of hydrogen-bond donors (Lipinski definition) is 0. The van der Waals surface area contributed by atoms with Crippen LogP contribution in [0.1, 0.15) is 24.8 Å². The van der Waals surface area contributed by atoms with Crippen LogP contribution in [0.4, 0.5) is 0 Å². The summed E-state index contributed by atoms with van der Waals surface area (Å²) in [6.07, 6.45) is 1.64. The average molecular weight is 518 g/mol. The number of thiazole rings is 1. The Balaban J connectivity index is 2.29. The van der Waals surface area contributed by atoms with Crippen LogP contribution in [0.25, 0.3) is 0 Å². The van der Waals surface area contributed by atoms with E-state index in [1.165, 1.54) is 11.3 Å². The lowest BCUT2D eigenvalue weighted by Crippen LogP contribution is -2.40. The largest absolute Gasteiger partial charge is 0.465 e. The molecule has 1 unspecified atom stereocenters. The third-order valence-corrected chi connectivity index (χ3v) is 11.0. The predicted octanol–water partition coefficient (Wildman–Crippen LogP) is 4.52. The van der Waals surface area contributed by atoms with Gasteiger partial charge in [0.15, 0.2) is 0 Å². The third-order valence-electron chi connectivity index (χ3n) is 5.77. The number of nitrogens with zero attached hydrogens (tertiary/aromatic N) is 1. The van der Waals surface area contributed by atoms with Gasteiger partial charge >= 0.3 is 11.9 Å². The van der Waals surface area contributed by atoms with Crippen LogP contribution in [0.3, 0.4) is 0 Å². The van der Waals surface area contributed by atoms with E-state index in [1.807, 2.05) is 91.0 Å². The second-order valence-corrected chi connectivity index (χ2v) is 12.1. The fourth-order valence-electron chi connectivity index (χ4n) is 4.40. The predicted molar refractivity (Wildman–Crippen MR) is 148 cm³/mol. The summed E-state index contributed by atoms with van der Waals surface area (Å²) in [6, 6.07) is 29.7. The van der Waals surface area contributed by atoms with Crippen LogP contribution >= 0.6 is 18.2 Å². The molecule has 1 aromatic heterocycles. The molecule has 184 valence electrons. The van der Waals surface area contributed by atoms with E-state index in [0.717, 1.165) is 15.9 Å². The van der Waals surface area contributed by atoms with Crippen molar-refractivity contribution in [2.45, 2.75) is 19.8 Å². The van der Waals surface area contributed by atoms with Crippen molar-refractivity contribution in [3.63, 3.8) is 0 Å². The first kappa shape index (κ1) is 25.6. The highest BCUT2D eigenvalue weighted by atomic mass is 32.1. The molecule has 36 heavy (non-hydrogen) atoms. The molecule has 0 fully saturated rings. The molecule has 0 N–H and O–H groups in total. The van der Waals surface area contributed by atoms with E-state index in [9.17, 15) is 9.59 Å². The number of hydrogen-bond acceptors (Lipinski definition) is 6. The molecule has 0 aliphatic heterocycles. The van der Waals surface area contributed by atoms with E-state index in [1.54, 1.807) is 25.4 Å². The molecule has 0 aliphatic carbocycles. The van der Waals surface area contributed by atoms with Crippen LogP contribution < -0.4 is 15.9 Å². The van der Waals surface area contributed by atoms with Gasteiger partial charge in [-0.25, -0.2) is 9.78 Å². The van der Waals surface area contributed by atoms with E-state index in [4.69, 9.17) is 9.47 Å². The normalized spacial score (nSPS) is 11.9. The molecule has 0 radical (unpaired) electrons. The smallest absolute Gasteiger partial charge is 0.336 e. The molecule has 0 spiro atoms. The van der Waals surface area contributed by atoms with Gasteiger partial charge in [-0.3, -0.25) is 4.79 Å². The number of aromatic nitrogens is 1. The Bertz CT molecular complexity index is 1240. The van der Waals surface area contributed by atoms with Crippen LogP contribution in [0, 0.1) is 0 Å². The van der Waals surface area contributed by atoms with Gasteiger partial charge in [0, 0.05) is 11.6 Å². The van der Waals surface area contributed by atoms with Crippen molar-refractivity contribution in [1.82, 2.24) is 4.98 Å². The lowest BCUT2D eigenvalue weighted by molar-refractivity contribution is -0.144. The summed E-state index contributed by atoms with van der Waals surface area (Å²) in [5, 5.41) is 5.49. The zero-order valence-corrected chi connectivity index (χ0v) is 22.0. The second-order valence-electron chi connectivity index (χ2n) is 7.84. The van der Waals surface area contributed by atoms with Crippen molar-refractivity contribution in [1.29, 1.82) is 0 Å². The van der Waals surface area contributed by atoms with E-state index >= 15 is 0 Å². The fraction of sp³-hybridized carbons (Fsp3) is 0.172. The van der Waals surface area contributed by atoms with Crippen molar-refractivity contribution < 1.29 is 19.1 Å². The van der Waals surface area contributed by atoms with Crippen LogP contribution in [-0.4, -0.2) is 35.4 Å². The number of benzene rings is 3. The number of carbonyl (C=O) groups excluding carboxylic acids is 2. The van der Waals surface area contributed by atoms with Crippen LogP contribution in [0.5, 0.6) is 0 Å². The van der Waals surface area contributed by atoms with E-state index in [0.29, 0.717) is 10.3 Å². The third kappa shape index (κ3) is 4.92. The molecule has 5 nitrogen and oxygen atoms in total. The van der Waals surface area contributed by atoms with Gasteiger partial charge in [0.2, 0.25) is 0 Å². The monoisotopic (exact) mass is 517 g/mol. The lowest BCUT2D eigenvalue weighted by Gasteiger charge is -2.34. The molecular formula is C29H28NO4PS. The molecule has 4 rings (SSSR count). The Morgan fingerprint density at radius 2 is 1.25 bits per heavy atom. The minimum Gasteiger partial charge on any atom is -0.465 e. The summed E-state index contributed by atoms with van der Waals surface area (Å²) in [4.78, 5) is 32.2. The maximum Gasteiger partial charge on any atom is 0.336 e. The summed E-state index contributed by atoms with van der Waals surface area (Å²) < 4.78 is 11.3. The highest BCUT2D eigenvalue weighted by Crippen LogP contribution is 2.49. The Labute approximate surface area is 215 Å². The lowest BCUT2D eigenvalue weighted by atomic mass is 10.1. The number of rotatable bonds is 9. The summed E-state index contributed by atoms with van der Waals surface area (Å²) in [7, 11) is 0. The second kappa shape index (κ2) is 12.0. The van der Waals surface area contributed by atoms with Crippen LogP contribution in [0.2, 0.25) is 0 Å². The van der Waals surface area contributed by atoms with Crippen molar-refractivity contribution in [3.8, 4) is 0 Å². The molecule has 7 heteroatoms. The van der Waals surface area contributed by atoms with Crippen molar-refractivity contribution in [2.24, 2.45) is 0 Å².